The second-order valence-electron chi connectivity index (χ2n) is 6.42. The average Bonchev–Trinajstić information content (AvgIpc) is 2.91. The van der Waals surface area contributed by atoms with Crippen molar-refractivity contribution >= 4 is 10.2 Å². The molecule has 0 unspecified atom stereocenters. The van der Waals surface area contributed by atoms with E-state index in [0.29, 0.717) is 31.3 Å². The highest BCUT2D eigenvalue weighted by atomic mass is 32.2. The number of aromatic nitrogens is 2. The van der Waals surface area contributed by atoms with Crippen molar-refractivity contribution in [2.24, 2.45) is 0 Å². The van der Waals surface area contributed by atoms with E-state index < -0.39 is 10.2 Å². The van der Waals surface area contributed by atoms with E-state index in [1.807, 2.05) is 0 Å². The van der Waals surface area contributed by atoms with Crippen LogP contribution in [-0.2, 0) is 21.6 Å². The summed E-state index contributed by atoms with van der Waals surface area (Å²) in [6, 6.07) is -0.353. The summed E-state index contributed by atoms with van der Waals surface area (Å²) >= 11 is 0. The van der Waals surface area contributed by atoms with E-state index in [4.69, 9.17) is 9.26 Å². The first-order chi connectivity index (χ1) is 11.6. The van der Waals surface area contributed by atoms with Crippen LogP contribution < -0.4 is 0 Å². The predicted octanol–water partition coefficient (Wildman–Crippen LogP) is 1.86. The largest absolute Gasteiger partial charge is 0.375 e. The zero-order valence-corrected chi connectivity index (χ0v) is 15.0. The van der Waals surface area contributed by atoms with Gasteiger partial charge in [0.1, 0.15) is 6.61 Å². The molecule has 1 aromatic rings. The molecule has 136 valence electrons. The van der Waals surface area contributed by atoms with Gasteiger partial charge in [0.2, 0.25) is 0 Å². The van der Waals surface area contributed by atoms with Crippen molar-refractivity contribution in [1.82, 2.24) is 18.8 Å². The van der Waals surface area contributed by atoms with Crippen LogP contribution in [0, 0.1) is 0 Å². The lowest BCUT2D eigenvalue weighted by molar-refractivity contribution is 0.151. The third-order valence-electron chi connectivity index (χ3n) is 4.69. The summed E-state index contributed by atoms with van der Waals surface area (Å²) in [6.07, 6.45) is 6.53. The first-order valence-corrected chi connectivity index (χ1v) is 10.1. The Labute approximate surface area is 143 Å². The lowest BCUT2D eigenvalue weighted by atomic mass is 10.1. The van der Waals surface area contributed by atoms with Gasteiger partial charge in [-0.1, -0.05) is 24.4 Å². The fraction of sp³-hybridized carbons (Fsp3) is 0.867. The summed E-state index contributed by atoms with van der Waals surface area (Å²) in [6.45, 7) is 1.95. The fourth-order valence-electron chi connectivity index (χ4n) is 3.45. The quantitative estimate of drug-likeness (QED) is 0.798. The lowest BCUT2D eigenvalue weighted by Crippen LogP contribution is -2.47. The van der Waals surface area contributed by atoms with Crippen molar-refractivity contribution in [3.63, 3.8) is 0 Å². The van der Waals surface area contributed by atoms with Gasteiger partial charge in [0.05, 0.1) is 6.04 Å². The van der Waals surface area contributed by atoms with E-state index in [1.165, 1.54) is 0 Å². The molecule has 0 aliphatic carbocycles. The normalized spacial score (nSPS) is 24.8. The van der Waals surface area contributed by atoms with E-state index in [1.54, 1.807) is 15.7 Å². The SMILES string of the molecule is COCc1nc([C@@H]2CCCCCN2S(=O)(=O)N2CCCCC2)no1. The minimum absolute atomic E-state index is 0.235. The highest BCUT2D eigenvalue weighted by Gasteiger charge is 2.38. The van der Waals surface area contributed by atoms with Crippen LogP contribution in [-0.4, -0.2) is 53.9 Å². The maximum absolute atomic E-state index is 13.2. The first-order valence-electron chi connectivity index (χ1n) is 8.71. The molecule has 9 heteroatoms. The van der Waals surface area contributed by atoms with Crippen molar-refractivity contribution < 1.29 is 17.7 Å². The molecular weight excluding hydrogens is 332 g/mol. The molecule has 0 N–H and O–H groups in total. The average molecular weight is 358 g/mol. The number of methoxy groups -OCH3 is 1. The molecule has 2 aliphatic rings. The van der Waals surface area contributed by atoms with Gasteiger partial charge in [0.15, 0.2) is 5.82 Å². The van der Waals surface area contributed by atoms with Gasteiger partial charge < -0.3 is 9.26 Å². The van der Waals surface area contributed by atoms with Crippen LogP contribution in [0.2, 0.25) is 0 Å². The number of ether oxygens (including phenoxy) is 1. The summed E-state index contributed by atoms with van der Waals surface area (Å²) < 4.78 is 39.7. The molecule has 0 spiro atoms. The van der Waals surface area contributed by atoms with Crippen LogP contribution >= 0.6 is 0 Å². The number of rotatable bonds is 5. The van der Waals surface area contributed by atoms with Gasteiger partial charge in [-0.25, -0.2) is 0 Å². The smallest absolute Gasteiger partial charge is 0.282 e. The second kappa shape index (κ2) is 7.90. The van der Waals surface area contributed by atoms with E-state index in [9.17, 15) is 8.42 Å². The molecule has 0 bridgehead atoms. The summed E-state index contributed by atoms with van der Waals surface area (Å²) in [5.74, 6) is 0.830. The lowest BCUT2D eigenvalue weighted by Gasteiger charge is -2.34. The highest BCUT2D eigenvalue weighted by Crippen LogP contribution is 2.32. The summed E-state index contributed by atoms with van der Waals surface area (Å²) in [5.41, 5.74) is 0. The minimum Gasteiger partial charge on any atom is -0.375 e. The molecule has 1 aromatic heterocycles. The molecule has 2 saturated heterocycles. The maximum atomic E-state index is 13.2. The van der Waals surface area contributed by atoms with E-state index in [-0.39, 0.29) is 12.6 Å². The molecule has 3 heterocycles. The molecule has 8 nitrogen and oxygen atoms in total. The van der Waals surface area contributed by atoms with Gasteiger partial charge >= 0.3 is 0 Å². The van der Waals surface area contributed by atoms with Gasteiger partial charge in [-0.05, 0) is 25.7 Å². The Balaban J connectivity index is 1.86. The topological polar surface area (TPSA) is 88.8 Å². The van der Waals surface area contributed by atoms with E-state index in [0.717, 1.165) is 44.9 Å². The zero-order valence-electron chi connectivity index (χ0n) is 14.2. The third-order valence-corrected chi connectivity index (χ3v) is 6.74. The monoisotopic (exact) mass is 358 g/mol. The molecule has 0 aromatic carbocycles. The van der Waals surface area contributed by atoms with Gasteiger partial charge in [-0.15, -0.1) is 0 Å². The van der Waals surface area contributed by atoms with Gasteiger partial charge in [-0.3, -0.25) is 0 Å². The number of hydrogen-bond acceptors (Lipinski definition) is 6. The van der Waals surface area contributed by atoms with Crippen molar-refractivity contribution in [3.8, 4) is 0 Å². The van der Waals surface area contributed by atoms with Crippen LogP contribution in [0.5, 0.6) is 0 Å². The Morgan fingerprint density at radius 1 is 1.12 bits per heavy atom. The molecule has 0 amide bonds. The van der Waals surface area contributed by atoms with Crippen molar-refractivity contribution in [2.45, 2.75) is 57.6 Å². The number of piperidine rings is 1. The number of hydrogen-bond donors (Lipinski definition) is 0. The molecule has 3 rings (SSSR count). The first kappa shape index (κ1) is 17.8. The standard InChI is InChI=1S/C15H26N4O4S/c1-22-12-14-16-15(17-23-14)13-8-4-2-7-11-19(13)24(20,21)18-9-5-3-6-10-18/h13H,2-12H2,1H3/t13-/m0/s1. The predicted molar refractivity (Wildman–Crippen MR) is 87.3 cm³/mol. The van der Waals surface area contributed by atoms with E-state index in [2.05, 4.69) is 10.1 Å². The van der Waals surface area contributed by atoms with Crippen molar-refractivity contribution in [1.29, 1.82) is 0 Å². The van der Waals surface area contributed by atoms with E-state index >= 15 is 0 Å². The summed E-state index contributed by atoms with van der Waals surface area (Å²) in [7, 11) is -1.94. The Kier molecular flexibility index (Phi) is 5.85. The van der Waals surface area contributed by atoms with Crippen LogP contribution in [0.3, 0.4) is 0 Å². The fourth-order valence-corrected chi connectivity index (χ4v) is 5.34. The Morgan fingerprint density at radius 2 is 1.83 bits per heavy atom. The minimum atomic E-state index is -3.50. The Hall–Kier alpha value is -1.03. The third kappa shape index (κ3) is 3.79. The van der Waals surface area contributed by atoms with Gasteiger partial charge in [0, 0.05) is 26.7 Å². The molecule has 0 saturated carbocycles. The maximum Gasteiger partial charge on any atom is 0.282 e. The molecule has 0 radical (unpaired) electrons. The van der Waals surface area contributed by atoms with Crippen molar-refractivity contribution in [3.05, 3.63) is 11.7 Å². The van der Waals surface area contributed by atoms with Crippen LogP contribution in [0.15, 0.2) is 4.52 Å². The Bertz CT molecular complexity index is 627. The molecule has 1 atom stereocenters. The van der Waals surface area contributed by atoms with Crippen LogP contribution in [0.4, 0.5) is 0 Å². The highest BCUT2D eigenvalue weighted by molar-refractivity contribution is 7.86. The van der Waals surface area contributed by atoms with Crippen LogP contribution in [0.1, 0.15) is 62.7 Å². The van der Waals surface area contributed by atoms with Gasteiger partial charge in [0.25, 0.3) is 16.1 Å². The molecule has 24 heavy (non-hydrogen) atoms. The molecule has 2 fully saturated rings. The zero-order chi connectivity index (χ0) is 17.0. The summed E-state index contributed by atoms with van der Waals surface area (Å²) in [5, 5.41) is 4.02. The number of nitrogens with zero attached hydrogens (tertiary/aromatic N) is 4. The molecular formula is C15H26N4O4S. The summed E-state index contributed by atoms with van der Waals surface area (Å²) in [4.78, 5) is 4.35. The van der Waals surface area contributed by atoms with Crippen LogP contribution in [0.25, 0.3) is 0 Å². The molecule has 2 aliphatic heterocycles. The second-order valence-corrected chi connectivity index (χ2v) is 8.30. The van der Waals surface area contributed by atoms with Crippen molar-refractivity contribution in [2.75, 3.05) is 26.7 Å². The Morgan fingerprint density at radius 3 is 2.58 bits per heavy atom. The van der Waals surface area contributed by atoms with Gasteiger partial charge in [-0.2, -0.15) is 22.0 Å².